The first-order chi connectivity index (χ1) is 13.7. The SMILES string of the molecule is O=C(c1cnc[nH]1)N1CCC2(CCc3c2nc(-c2cccnc2)[nH]c3=O)CC1. The fourth-order valence-electron chi connectivity index (χ4n) is 4.46. The summed E-state index contributed by atoms with van der Waals surface area (Å²) in [7, 11) is 0. The van der Waals surface area contributed by atoms with Gasteiger partial charge in [0, 0.05) is 42.0 Å². The number of aromatic amines is 2. The molecule has 0 saturated carbocycles. The molecule has 1 aliphatic carbocycles. The molecule has 1 aliphatic heterocycles. The zero-order valence-electron chi connectivity index (χ0n) is 15.3. The lowest BCUT2D eigenvalue weighted by Gasteiger charge is -2.39. The van der Waals surface area contributed by atoms with Crippen molar-refractivity contribution in [2.45, 2.75) is 31.1 Å². The summed E-state index contributed by atoms with van der Waals surface area (Å²) in [6.07, 6.45) is 9.73. The third-order valence-electron chi connectivity index (χ3n) is 6.04. The Morgan fingerprint density at radius 3 is 2.71 bits per heavy atom. The Balaban J connectivity index is 1.44. The maximum Gasteiger partial charge on any atom is 0.271 e. The van der Waals surface area contributed by atoms with E-state index in [0.29, 0.717) is 24.6 Å². The number of likely N-dealkylation sites (tertiary alicyclic amines) is 1. The minimum atomic E-state index is -0.134. The van der Waals surface area contributed by atoms with Crippen LogP contribution in [0.3, 0.4) is 0 Å². The maximum absolute atomic E-state index is 12.7. The molecule has 4 heterocycles. The van der Waals surface area contributed by atoms with E-state index in [-0.39, 0.29) is 16.9 Å². The second-order valence-electron chi connectivity index (χ2n) is 7.52. The Morgan fingerprint density at radius 2 is 2.00 bits per heavy atom. The molecule has 8 nitrogen and oxygen atoms in total. The summed E-state index contributed by atoms with van der Waals surface area (Å²) in [6, 6.07) is 3.73. The molecule has 0 bridgehead atoms. The molecule has 3 aromatic heterocycles. The van der Waals surface area contributed by atoms with Gasteiger partial charge in [0.2, 0.25) is 0 Å². The van der Waals surface area contributed by atoms with Crippen LogP contribution in [0.15, 0.2) is 41.8 Å². The van der Waals surface area contributed by atoms with Crippen LogP contribution in [0.2, 0.25) is 0 Å². The summed E-state index contributed by atoms with van der Waals surface area (Å²) in [5.41, 5.74) is 2.82. The average molecular weight is 376 g/mol. The second-order valence-corrected chi connectivity index (χ2v) is 7.52. The van der Waals surface area contributed by atoms with Gasteiger partial charge < -0.3 is 14.9 Å². The van der Waals surface area contributed by atoms with Crippen LogP contribution in [0.5, 0.6) is 0 Å². The van der Waals surface area contributed by atoms with Crippen LogP contribution in [-0.4, -0.2) is 48.8 Å². The maximum atomic E-state index is 12.7. The highest BCUT2D eigenvalue weighted by Gasteiger charge is 2.44. The Bertz CT molecular complexity index is 1070. The predicted octanol–water partition coefficient (Wildman–Crippen LogP) is 1.68. The van der Waals surface area contributed by atoms with Crippen molar-refractivity contribution in [3.63, 3.8) is 0 Å². The van der Waals surface area contributed by atoms with E-state index in [4.69, 9.17) is 4.98 Å². The Kier molecular flexibility index (Phi) is 3.85. The van der Waals surface area contributed by atoms with Crippen molar-refractivity contribution >= 4 is 5.91 Å². The van der Waals surface area contributed by atoms with Crippen molar-refractivity contribution in [3.05, 3.63) is 64.4 Å². The van der Waals surface area contributed by atoms with Crippen molar-refractivity contribution in [3.8, 4) is 11.4 Å². The fourth-order valence-corrected chi connectivity index (χ4v) is 4.46. The van der Waals surface area contributed by atoms with Gasteiger partial charge in [-0.1, -0.05) is 0 Å². The predicted molar refractivity (Wildman–Crippen MR) is 102 cm³/mol. The van der Waals surface area contributed by atoms with Crippen molar-refractivity contribution in [1.82, 2.24) is 29.8 Å². The number of pyridine rings is 1. The molecule has 1 saturated heterocycles. The summed E-state index contributed by atoms with van der Waals surface area (Å²) in [5.74, 6) is 0.537. The number of imidazole rings is 1. The Labute approximate surface area is 161 Å². The molecule has 2 N–H and O–H groups in total. The molecule has 1 spiro atoms. The highest BCUT2D eigenvalue weighted by Crippen LogP contribution is 2.44. The first-order valence-electron chi connectivity index (χ1n) is 9.48. The number of piperidine rings is 1. The van der Waals surface area contributed by atoms with Crippen LogP contribution < -0.4 is 5.56 Å². The molecule has 0 aromatic carbocycles. The number of carbonyl (C=O) groups excluding carboxylic acids is 1. The Morgan fingerprint density at radius 1 is 1.14 bits per heavy atom. The van der Waals surface area contributed by atoms with Crippen molar-refractivity contribution in [2.24, 2.45) is 0 Å². The van der Waals surface area contributed by atoms with E-state index >= 15 is 0 Å². The van der Waals surface area contributed by atoms with Crippen LogP contribution in [-0.2, 0) is 11.8 Å². The largest absolute Gasteiger partial charge is 0.341 e. The molecule has 1 amide bonds. The van der Waals surface area contributed by atoms with Gasteiger partial charge in [0.1, 0.15) is 11.5 Å². The first kappa shape index (κ1) is 16.9. The number of nitrogens with zero attached hydrogens (tertiary/aromatic N) is 4. The van der Waals surface area contributed by atoms with E-state index in [9.17, 15) is 9.59 Å². The van der Waals surface area contributed by atoms with Gasteiger partial charge in [-0.15, -0.1) is 0 Å². The highest BCUT2D eigenvalue weighted by molar-refractivity contribution is 5.92. The highest BCUT2D eigenvalue weighted by atomic mass is 16.2. The average Bonchev–Trinajstić information content (AvgIpc) is 3.38. The summed E-state index contributed by atoms with van der Waals surface area (Å²) < 4.78 is 0. The zero-order chi connectivity index (χ0) is 19.1. The van der Waals surface area contributed by atoms with Gasteiger partial charge in [-0.3, -0.25) is 14.6 Å². The molecule has 0 unspecified atom stereocenters. The number of H-pyrrole nitrogens is 2. The number of rotatable bonds is 2. The monoisotopic (exact) mass is 376 g/mol. The van der Waals surface area contributed by atoms with Gasteiger partial charge in [-0.05, 0) is 37.8 Å². The molecule has 5 rings (SSSR count). The van der Waals surface area contributed by atoms with Gasteiger partial charge in [-0.25, -0.2) is 9.97 Å². The van der Waals surface area contributed by atoms with Gasteiger partial charge in [-0.2, -0.15) is 0 Å². The van der Waals surface area contributed by atoms with Crippen LogP contribution in [0.1, 0.15) is 41.0 Å². The number of hydrogen-bond acceptors (Lipinski definition) is 5. The molecule has 8 heteroatoms. The number of carbonyl (C=O) groups is 1. The molecule has 2 aliphatic rings. The third-order valence-corrected chi connectivity index (χ3v) is 6.04. The molecule has 28 heavy (non-hydrogen) atoms. The molecule has 1 fully saturated rings. The van der Waals surface area contributed by atoms with E-state index < -0.39 is 0 Å². The summed E-state index contributed by atoms with van der Waals surface area (Å²) in [6.45, 7) is 1.29. The minimum absolute atomic E-state index is 0.0273. The lowest BCUT2D eigenvalue weighted by atomic mass is 9.76. The first-order valence-corrected chi connectivity index (χ1v) is 9.48. The number of amides is 1. The van der Waals surface area contributed by atoms with Crippen LogP contribution in [0, 0.1) is 0 Å². The molecule has 142 valence electrons. The van der Waals surface area contributed by atoms with E-state index in [0.717, 1.165) is 42.5 Å². The topological polar surface area (TPSA) is 108 Å². The Hall–Kier alpha value is -3.29. The number of nitrogens with one attached hydrogen (secondary N) is 2. The second kappa shape index (κ2) is 6.40. The molecular formula is C20H20N6O2. The lowest BCUT2D eigenvalue weighted by molar-refractivity contribution is 0.0658. The summed E-state index contributed by atoms with van der Waals surface area (Å²) >= 11 is 0. The van der Waals surface area contributed by atoms with Crippen molar-refractivity contribution in [1.29, 1.82) is 0 Å². The molecular weight excluding hydrogens is 356 g/mol. The van der Waals surface area contributed by atoms with Gasteiger partial charge in [0.05, 0.1) is 18.2 Å². The lowest BCUT2D eigenvalue weighted by Crippen LogP contribution is -2.45. The van der Waals surface area contributed by atoms with Crippen LogP contribution >= 0.6 is 0 Å². The van der Waals surface area contributed by atoms with Crippen LogP contribution in [0.4, 0.5) is 0 Å². The number of hydrogen-bond donors (Lipinski definition) is 2. The standard InChI is InChI=1S/C20H20N6O2/c27-18-14-3-4-20(16(14)24-17(25-18)13-2-1-7-21-10-13)5-8-26(9-6-20)19(28)15-11-22-12-23-15/h1-2,7,10-12H,3-6,8-9H2,(H,22,23)(H,24,25,27). The smallest absolute Gasteiger partial charge is 0.271 e. The van der Waals surface area contributed by atoms with E-state index in [1.165, 1.54) is 6.33 Å². The summed E-state index contributed by atoms with van der Waals surface area (Å²) in [4.78, 5) is 45.8. The van der Waals surface area contributed by atoms with Crippen molar-refractivity contribution < 1.29 is 4.79 Å². The number of aromatic nitrogens is 5. The number of fused-ring (bicyclic) bond motifs is 2. The van der Waals surface area contributed by atoms with E-state index in [1.54, 1.807) is 18.6 Å². The third kappa shape index (κ3) is 2.64. The fraction of sp³-hybridized carbons (Fsp3) is 0.350. The summed E-state index contributed by atoms with van der Waals surface area (Å²) in [5, 5.41) is 0. The normalized spacial score (nSPS) is 17.6. The van der Waals surface area contributed by atoms with Gasteiger partial charge >= 0.3 is 0 Å². The van der Waals surface area contributed by atoms with Gasteiger partial charge in [0.25, 0.3) is 11.5 Å². The van der Waals surface area contributed by atoms with Crippen molar-refractivity contribution in [2.75, 3.05) is 13.1 Å². The van der Waals surface area contributed by atoms with Crippen LogP contribution in [0.25, 0.3) is 11.4 Å². The quantitative estimate of drug-likeness (QED) is 0.707. The van der Waals surface area contributed by atoms with Gasteiger partial charge in [0.15, 0.2) is 0 Å². The van der Waals surface area contributed by atoms with E-state index in [2.05, 4.69) is 19.9 Å². The van der Waals surface area contributed by atoms with E-state index in [1.807, 2.05) is 17.0 Å². The minimum Gasteiger partial charge on any atom is -0.341 e. The zero-order valence-corrected chi connectivity index (χ0v) is 15.3. The molecule has 3 aromatic rings. The molecule has 0 radical (unpaired) electrons. The molecule has 0 atom stereocenters.